The second-order valence-electron chi connectivity index (χ2n) is 7.87. The van der Waals surface area contributed by atoms with Gasteiger partial charge in [-0.1, -0.05) is 59.6 Å². The van der Waals surface area contributed by atoms with Crippen molar-refractivity contribution in [3.63, 3.8) is 0 Å². The molecule has 3 aromatic rings. The second kappa shape index (κ2) is 8.05. The van der Waals surface area contributed by atoms with E-state index in [4.69, 9.17) is 11.6 Å². The minimum absolute atomic E-state index is 0.263. The van der Waals surface area contributed by atoms with Crippen LogP contribution < -0.4 is 10.2 Å². The predicted octanol–water partition coefficient (Wildman–Crippen LogP) is 5.97. The Morgan fingerprint density at radius 2 is 1.52 bits per heavy atom. The number of rotatable bonds is 4. The number of benzene rings is 3. The Morgan fingerprint density at radius 1 is 0.806 bits per heavy atom. The molecule has 0 fully saturated rings. The highest BCUT2D eigenvalue weighted by molar-refractivity contribution is 6.46. The first-order valence-electron chi connectivity index (χ1n) is 10.1. The van der Waals surface area contributed by atoms with Crippen molar-refractivity contribution in [1.29, 1.82) is 0 Å². The second-order valence-corrected chi connectivity index (χ2v) is 8.27. The zero-order chi connectivity index (χ0) is 22.3. The van der Waals surface area contributed by atoms with Crippen molar-refractivity contribution in [2.45, 2.75) is 27.7 Å². The molecule has 0 aromatic heterocycles. The van der Waals surface area contributed by atoms with Crippen LogP contribution in [0.1, 0.15) is 27.8 Å². The number of hydrogen-bond donors (Lipinski definition) is 1. The molecule has 156 valence electrons. The van der Waals surface area contributed by atoms with Gasteiger partial charge in [-0.3, -0.25) is 9.59 Å². The van der Waals surface area contributed by atoms with Crippen LogP contribution in [0.15, 0.2) is 66.4 Å². The minimum Gasteiger partial charge on any atom is -0.350 e. The molecule has 0 spiro atoms. The fourth-order valence-corrected chi connectivity index (χ4v) is 3.79. The van der Waals surface area contributed by atoms with Gasteiger partial charge in [0.1, 0.15) is 5.70 Å². The van der Waals surface area contributed by atoms with E-state index in [-0.39, 0.29) is 11.6 Å². The van der Waals surface area contributed by atoms with E-state index < -0.39 is 5.91 Å². The number of nitrogens with one attached hydrogen (secondary N) is 1. The van der Waals surface area contributed by atoms with Crippen LogP contribution in [-0.2, 0) is 9.59 Å². The Labute approximate surface area is 187 Å². The lowest BCUT2D eigenvalue weighted by Gasteiger charge is -2.17. The van der Waals surface area contributed by atoms with Crippen molar-refractivity contribution in [3.8, 4) is 0 Å². The molecule has 5 heteroatoms. The molecule has 0 aliphatic carbocycles. The molecule has 3 aromatic carbocycles. The van der Waals surface area contributed by atoms with Crippen molar-refractivity contribution in [2.75, 3.05) is 10.2 Å². The third-order valence-corrected chi connectivity index (χ3v) is 6.11. The van der Waals surface area contributed by atoms with Gasteiger partial charge in [0.2, 0.25) is 0 Å². The summed E-state index contributed by atoms with van der Waals surface area (Å²) >= 11 is 6.28. The molecule has 0 radical (unpaired) electrons. The molecule has 1 N–H and O–H groups in total. The quantitative estimate of drug-likeness (QED) is 0.518. The van der Waals surface area contributed by atoms with E-state index in [1.54, 1.807) is 18.2 Å². The smallest absolute Gasteiger partial charge is 0.282 e. The molecule has 1 aliphatic rings. The Bertz CT molecular complexity index is 1240. The molecule has 0 unspecified atom stereocenters. The molecular formula is C26H23ClN2O2. The maximum Gasteiger partial charge on any atom is 0.282 e. The summed E-state index contributed by atoms with van der Waals surface area (Å²) in [5.41, 5.74) is 6.63. The normalized spacial score (nSPS) is 13.9. The summed E-state index contributed by atoms with van der Waals surface area (Å²) in [5.74, 6) is -0.775. The average Bonchev–Trinajstić information content (AvgIpc) is 2.98. The van der Waals surface area contributed by atoms with Crippen molar-refractivity contribution in [1.82, 2.24) is 0 Å². The van der Waals surface area contributed by atoms with Crippen LogP contribution in [0.4, 0.5) is 11.4 Å². The number of anilines is 2. The van der Waals surface area contributed by atoms with Gasteiger partial charge in [0.15, 0.2) is 0 Å². The Morgan fingerprint density at radius 3 is 2.19 bits per heavy atom. The minimum atomic E-state index is -0.401. The van der Waals surface area contributed by atoms with E-state index in [1.807, 2.05) is 70.2 Å². The molecule has 0 bridgehead atoms. The monoisotopic (exact) mass is 430 g/mol. The molecule has 31 heavy (non-hydrogen) atoms. The number of aryl methyl sites for hydroxylation is 3. The van der Waals surface area contributed by atoms with Gasteiger partial charge >= 0.3 is 0 Å². The summed E-state index contributed by atoms with van der Waals surface area (Å²) in [6.07, 6.45) is 0. The Hall–Kier alpha value is -3.37. The molecule has 4 nitrogen and oxygen atoms in total. The lowest BCUT2D eigenvalue weighted by Crippen LogP contribution is -2.32. The fraction of sp³-hybridized carbons (Fsp3) is 0.154. The van der Waals surface area contributed by atoms with Gasteiger partial charge in [-0.15, -0.1) is 0 Å². The first kappa shape index (κ1) is 20.9. The number of imide groups is 1. The summed E-state index contributed by atoms with van der Waals surface area (Å²) in [6, 6.07) is 18.6. The van der Waals surface area contributed by atoms with Gasteiger partial charge in [-0.05, 0) is 68.1 Å². The third kappa shape index (κ3) is 3.75. The van der Waals surface area contributed by atoms with Crippen LogP contribution >= 0.6 is 11.6 Å². The maximum absolute atomic E-state index is 13.5. The topological polar surface area (TPSA) is 49.4 Å². The molecule has 0 atom stereocenters. The van der Waals surface area contributed by atoms with Crippen LogP contribution in [-0.4, -0.2) is 11.8 Å². The molecule has 4 rings (SSSR count). The highest BCUT2D eigenvalue weighted by Crippen LogP contribution is 2.35. The zero-order valence-electron chi connectivity index (χ0n) is 17.9. The van der Waals surface area contributed by atoms with Crippen molar-refractivity contribution in [3.05, 3.63) is 99.2 Å². The molecule has 0 saturated carbocycles. The summed E-state index contributed by atoms with van der Waals surface area (Å²) in [6.45, 7) is 7.86. The molecule has 0 saturated heterocycles. The number of carbonyl (C=O) groups excluding carboxylic acids is 2. The van der Waals surface area contributed by atoms with Gasteiger partial charge in [-0.2, -0.15) is 0 Å². The average molecular weight is 431 g/mol. The number of halogens is 1. The van der Waals surface area contributed by atoms with E-state index in [2.05, 4.69) is 5.32 Å². The summed E-state index contributed by atoms with van der Waals surface area (Å²) < 4.78 is 0. The summed E-state index contributed by atoms with van der Waals surface area (Å²) in [5, 5.41) is 3.76. The Balaban J connectivity index is 1.85. The van der Waals surface area contributed by atoms with E-state index >= 15 is 0 Å². The number of nitrogens with zero attached hydrogens (tertiary/aromatic N) is 1. The van der Waals surface area contributed by atoms with Crippen LogP contribution in [0.3, 0.4) is 0 Å². The highest BCUT2D eigenvalue weighted by atomic mass is 35.5. The number of hydrogen-bond acceptors (Lipinski definition) is 3. The van der Waals surface area contributed by atoms with Gasteiger partial charge in [0, 0.05) is 10.7 Å². The maximum atomic E-state index is 13.5. The van der Waals surface area contributed by atoms with Gasteiger partial charge in [-0.25, -0.2) is 4.90 Å². The number of carbonyl (C=O) groups is 2. The van der Waals surface area contributed by atoms with E-state index in [0.29, 0.717) is 21.8 Å². The largest absolute Gasteiger partial charge is 0.350 e. The van der Waals surface area contributed by atoms with Gasteiger partial charge < -0.3 is 5.32 Å². The van der Waals surface area contributed by atoms with E-state index in [0.717, 1.165) is 27.9 Å². The molecule has 2 amide bonds. The number of amides is 2. The lowest BCUT2D eigenvalue weighted by atomic mass is 10.0. The van der Waals surface area contributed by atoms with Gasteiger partial charge in [0.05, 0.1) is 11.3 Å². The standard InChI is InChI=1S/C26H23ClN2O2/c1-15-8-11-19(12-9-15)23-24(28-22-7-5-6-16(2)18(22)4)26(31)29(25(23)30)20-13-10-17(3)21(27)14-20/h5-14,28H,1-4H3. The summed E-state index contributed by atoms with van der Waals surface area (Å²) in [7, 11) is 0. The molecule has 1 aliphatic heterocycles. The first-order valence-corrected chi connectivity index (χ1v) is 10.4. The van der Waals surface area contributed by atoms with E-state index in [1.165, 1.54) is 4.90 Å². The molecule has 1 heterocycles. The van der Waals surface area contributed by atoms with Gasteiger partial charge in [0.25, 0.3) is 11.8 Å². The first-order chi connectivity index (χ1) is 14.8. The fourth-order valence-electron chi connectivity index (χ4n) is 3.61. The SMILES string of the molecule is Cc1ccc(C2=C(Nc3cccc(C)c3C)C(=O)N(c3ccc(C)c(Cl)c3)C2=O)cc1. The van der Waals surface area contributed by atoms with Crippen molar-refractivity contribution < 1.29 is 9.59 Å². The van der Waals surface area contributed by atoms with Crippen molar-refractivity contribution in [2.24, 2.45) is 0 Å². The molecular weight excluding hydrogens is 408 g/mol. The third-order valence-electron chi connectivity index (χ3n) is 5.70. The van der Waals surface area contributed by atoms with Crippen LogP contribution in [0.2, 0.25) is 5.02 Å². The van der Waals surface area contributed by atoms with Crippen LogP contribution in [0.25, 0.3) is 5.57 Å². The van der Waals surface area contributed by atoms with Crippen molar-refractivity contribution >= 4 is 40.4 Å². The van der Waals surface area contributed by atoms with Crippen LogP contribution in [0.5, 0.6) is 0 Å². The van der Waals surface area contributed by atoms with E-state index in [9.17, 15) is 9.59 Å². The van der Waals surface area contributed by atoms with Crippen LogP contribution in [0, 0.1) is 27.7 Å². The highest BCUT2D eigenvalue weighted by Gasteiger charge is 2.40. The predicted molar refractivity (Wildman–Crippen MR) is 126 cm³/mol. The lowest BCUT2D eigenvalue weighted by molar-refractivity contribution is -0.120. The summed E-state index contributed by atoms with van der Waals surface area (Å²) in [4.78, 5) is 28.2. The zero-order valence-corrected chi connectivity index (χ0v) is 18.7. The Kier molecular flexibility index (Phi) is 5.42.